The van der Waals surface area contributed by atoms with Crippen LogP contribution >= 0.6 is 0 Å². The van der Waals surface area contributed by atoms with Crippen LogP contribution in [0.2, 0.25) is 0 Å². The van der Waals surface area contributed by atoms with Gasteiger partial charge in [0.2, 0.25) is 11.8 Å². The molecule has 3 aromatic rings. The quantitative estimate of drug-likeness (QED) is 0.617. The Kier molecular flexibility index (Phi) is 5.69. The second kappa shape index (κ2) is 8.35. The van der Waals surface area contributed by atoms with Gasteiger partial charge in [-0.25, -0.2) is 0 Å². The Morgan fingerprint density at radius 3 is 2.25 bits per heavy atom. The zero-order valence-corrected chi connectivity index (χ0v) is 15.4. The lowest BCUT2D eigenvalue weighted by atomic mass is 10.0. The van der Waals surface area contributed by atoms with Gasteiger partial charge >= 0.3 is 0 Å². The first-order valence-corrected chi connectivity index (χ1v) is 8.88. The molecule has 0 spiro atoms. The van der Waals surface area contributed by atoms with Crippen molar-refractivity contribution in [3.05, 3.63) is 77.9 Å². The van der Waals surface area contributed by atoms with Gasteiger partial charge in [0.1, 0.15) is 6.04 Å². The van der Waals surface area contributed by atoms with Crippen LogP contribution in [-0.4, -0.2) is 23.8 Å². The molecule has 0 fully saturated rings. The lowest BCUT2D eigenvalue weighted by Gasteiger charge is -2.16. The predicted molar refractivity (Wildman–Crippen MR) is 109 cm³/mol. The van der Waals surface area contributed by atoms with Gasteiger partial charge < -0.3 is 16.4 Å². The first-order chi connectivity index (χ1) is 13.4. The van der Waals surface area contributed by atoms with Gasteiger partial charge in [-0.1, -0.05) is 42.5 Å². The molecule has 3 amide bonds. The lowest BCUT2D eigenvalue weighted by molar-refractivity contribution is -0.119. The number of rotatable bonds is 6. The summed E-state index contributed by atoms with van der Waals surface area (Å²) in [5.41, 5.74) is 7.37. The average Bonchev–Trinajstić information content (AvgIpc) is 2.67. The Labute approximate surface area is 162 Å². The number of hydrogen-bond donors (Lipinski definition) is 3. The molecule has 0 saturated carbocycles. The number of amides is 3. The number of anilines is 1. The van der Waals surface area contributed by atoms with Gasteiger partial charge in [-0.3, -0.25) is 14.4 Å². The molecule has 0 bridgehead atoms. The minimum Gasteiger partial charge on any atom is -0.368 e. The molecule has 4 N–H and O–H groups in total. The molecule has 3 rings (SSSR count). The van der Waals surface area contributed by atoms with Crippen LogP contribution in [0.1, 0.15) is 22.8 Å². The summed E-state index contributed by atoms with van der Waals surface area (Å²) in [5.74, 6) is -1.20. The molecule has 0 saturated heterocycles. The zero-order chi connectivity index (χ0) is 20.1. The highest BCUT2D eigenvalue weighted by molar-refractivity contribution is 5.98. The SMILES string of the molecule is CC(=O)Nc1ccc(C(=O)N[C@@H](Cc2ccc3ccccc3c2)C(N)=O)cc1. The maximum Gasteiger partial charge on any atom is 0.251 e. The fourth-order valence-electron chi connectivity index (χ4n) is 2.97. The summed E-state index contributed by atoms with van der Waals surface area (Å²) in [6.07, 6.45) is 0.301. The maximum absolute atomic E-state index is 12.5. The molecular formula is C22H21N3O3. The molecule has 0 aliphatic carbocycles. The molecule has 0 radical (unpaired) electrons. The number of carbonyl (C=O) groups is 3. The van der Waals surface area contributed by atoms with Gasteiger partial charge in [0.05, 0.1) is 0 Å². The van der Waals surface area contributed by atoms with Crippen LogP contribution in [0.25, 0.3) is 10.8 Å². The summed E-state index contributed by atoms with van der Waals surface area (Å²) >= 11 is 0. The van der Waals surface area contributed by atoms with Gasteiger partial charge in [-0.2, -0.15) is 0 Å². The molecule has 6 heteroatoms. The van der Waals surface area contributed by atoms with E-state index in [0.717, 1.165) is 16.3 Å². The topological polar surface area (TPSA) is 101 Å². The van der Waals surface area contributed by atoms with E-state index < -0.39 is 17.9 Å². The number of carbonyl (C=O) groups excluding carboxylic acids is 3. The van der Waals surface area contributed by atoms with Crippen LogP contribution < -0.4 is 16.4 Å². The van der Waals surface area contributed by atoms with Crippen LogP contribution in [-0.2, 0) is 16.0 Å². The second-order valence-corrected chi connectivity index (χ2v) is 6.57. The monoisotopic (exact) mass is 375 g/mol. The second-order valence-electron chi connectivity index (χ2n) is 6.57. The van der Waals surface area contributed by atoms with E-state index in [9.17, 15) is 14.4 Å². The number of primary amides is 1. The third-order valence-corrected chi connectivity index (χ3v) is 4.37. The van der Waals surface area contributed by atoms with E-state index in [1.54, 1.807) is 24.3 Å². The third-order valence-electron chi connectivity index (χ3n) is 4.37. The fourth-order valence-corrected chi connectivity index (χ4v) is 2.97. The molecule has 0 aliphatic heterocycles. The van der Waals surface area contributed by atoms with Gasteiger partial charge in [-0.15, -0.1) is 0 Å². The fraction of sp³-hybridized carbons (Fsp3) is 0.136. The van der Waals surface area contributed by atoms with Crippen LogP contribution in [0.5, 0.6) is 0 Å². The van der Waals surface area contributed by atoms with Crippen molar-refractivity contribution in [3.8, 4) is 0 Å². The summed E-state index contributed by atoms with van der Waals surface area (Å²) in [7, 11) is 0. The standard InChI is InChI=1S/C22H21N3O3/c1-14(26)24-19-10-8-17(9-11-19)22(28)25-20(21(23)27)13-15-6-7-16-4-2-3-5-18(16)12-15/h2-12,20H,13H2,1H3,(H2,23,27)(H,24,26)(H,25,28)/t20-/m0/s1. The van der Waals surface area contributed by atoms with Crippen LogP contribution in [0.4, 0.5) is 5.69 Å². The van der Waals surface area contributed by atoms with Gasteiger partial charge in [-0.05, 0) is 40.6 Å². The van der Waals surface area contributed by atoms with Crippen molar-refractivity contribution < 1.29 is 14.4 Å². The number of nitrogens with one attached hydrogen (secondary N) is 2. The van der Waals surface area contributed by atoms with E-state index in [-0.39, 0.29) is 5.91 Å². The molecule has 0 heterocycles. The first kappa shape index (κ1) is 19.1. The maximum atomic E-state index is 12.5. The van der Waals surface area contributed by atoms with Gasteiger partial charge in [0, 0.05) is 24.6 Å². The summed E-state index contributed by atoms with van der Waals surface area (Å²) in [5, 5.41) is 7.48. The highest BCUT2D eigenvalue weighted by Gasteiger charge is 2.19. The highest BCUT2D eigenvalue weighted by Crippen LogP contribution is 2.17. The predicted octanol–water partition coefficient (Wildman–Crippen LogP) is 2.62. The Morgan fingerprint density at radius 2 is 1.61 bits per heavy atom. The Balaban J connectivity index is 1.72. The average molecular weight is 375 g/mol. The molecule has 28 heavy (non-hydrogen) atoms. The minimum atomic E-state index is -0.830. The number of fused-ring (bicyclic) bond motifs is 1. The number of benzene rings is 3. The van der Waals surface area contributed by atoms with E-state index in [1.165, 1.54) is 6.92 Å². The van der Waals surface area contributed by atoms with Crippen molar-refractivity contribution in [1.82, 2.24) is 5.32 Å². The number of nitrogens with two attached hydrogens (primary N) is 1. The van der Waals surface area contributed by atoms with Gasteiger partial charge in [0.15, 0.2) is 0 Å². The summed E-state index contributed by atoms with van der Waals surface area (Å²) in [4.78, 5) is 35.4. The van der Waals surface area contributed by atoms with Crippen molar-refractivity contribution in [3.63, 3.8) is 0 Å². The molecule has 0 aliphatic rings. The molecule has 0 aromatic heterocycles. The van der Waals surface area contributed by atoms with Crippen molar-refractivity contribution in [1.29, 1.82) is 0 Å². The van der Waals surface area contributed by atoms with E-state index in [2.05, 4.69) is 10.6 Å². The smallest absolute Gasteiger partial charge is 0.251 e. The van der Waals surface area contributed by atoms with Crippen LogP contribution in [0.15, 0.2) is 66.7 Å². The van der Waals surface area contributed by atoms with E-state index in [4.69, 9.17) is 5.73 Å². The van der Waals surface area contributed by atoms with Crippen molar-refractivity contribution in [2.75, 3.05) is 5.32 Å². The Morgan fingerprint density at radius 1 is 0.929 bits per heavy atom. The Bertz CT molecular complexity index is 1030. The first-order valence-electron chi connectivity index (χ1n) is 8.88. The Hall–Kier alpha value is -3.67. The zero-order valence-electron chi connectivity index (χ0n) is 15.4. The molecule has 1 atom stereocenters. The molecule has 3 aromatic carbocycles. The lowest BCUT2D eigenvalue weighted by Crippen LogP contribution is -2.45. The molecule has 6 nitrogen and oxygen atoms in total. The molecule has 0 unspecified atom stereocenters. The summed E-state index contributed by atoms with van der Waals surface area (Å²) < 4.78 is 0. The summed E-state index contributed by atoms with van der Waals surface area (Å²) in [6, 6.07) is 19.4. The van der Waals surface area contributed by atoms with Crippen LogP contribution in [0.3, 0.4) is 0 Å². The van der Waals surface area contributed by atoms with E-state index in [1.807, 2.05) is 42.5 Å². The van der Waals surface area contributed by atoms with Gasteiger partial charge in [0.25, 0.3) is 5.91 Å². The molecule has 142 valence electrons. The largest absolute Gasteiger partial charge is 0.368 e. The van der Waals surface area contributed by atoms with Crippen LogP contribution in [0, 0.1) is 0 Å². The van der Waals surface area contributed by atoms with E-state index in [0.29, 0.717) is 17.7 Å². The molecular weight excluding hydrogens is 354 g/mol. The minimum absolute atomic E-state index is 0.193. The van der Waals surface area contributed by atoms with Crippen molar-refractivity contribution >= 4 is 34.2 Å². The normalized spacial score (nSPS) is 11.6. The summed E-state index contributed by atoms with van der Waals surface area (Å²) in [6.45, 7) is 1.41. The van der Waals surface area contributed by atoms with Crippen molar-refractivity contribution in [2.45, 2.75) is 19.4 Å². The van der Waals surface area contributed by atoms with E-state index >= 15 is 0 Å². The third kappa shape index (κ3) is 4.73. The number of hydrogen-bond acceptors (Lipinski definition) is 3. The van der Waals surface area contributed by atoms with Crippen molar-refractivity contribution in [2.24, 2.45) is 5.73 Å². The highest BCUT2D eigenvalue weighted by atomic mass is 16.2.